The van der Waals surface area contributed by atoms with Crippen LogP contribution in [0.2, 0.25) is 0 Å². The number of rotatable bonds is 7. The van der Waals surface area contributed by atoms with Crippen molar-refractivity contribution in [3.05, 3.63) is 35.9 Å². The third-order valence-electron chi connectivity index (χ3n) is 2.11. The Bertz CT molecular complexity index is 538. The molecule has 0 fully saturated rings. The predicted molar refractivity (Wildman–Crippen MR) is 77.2 cm³/mol. The van der Waals surface area contributed by atoms with Crippen LogP contribution in [0.3, 0.4) is 0 Å². The van der Waals surface area contributed by atoms with E-state index in [1.54, 1.807) is 45.0 Å². The van der Waals surface area contributed by atoms with E-state index in [0.29, 0.717) is 5.56 Å². The minimum Gasteiger partial charge on any atom is -0.300 e. The van der Waals surface area contributed by atoms with Gasteiger partial charge in [0.25, 0.3) is 0 Å². The summed E-state index contributed by atoms with van der Waals surface area (Å²) in [7, 11) is -3.55. The lowest BCUT2D eigenvalue weighted by Crippen LogP contribution is -2.21. The summed E-state index contributed by atoms with van der Waals surface area (Å²) in [4.78, 5) is 0. The second kappa shape index (κ2) is 7.81. The molecule has 0 amide bonds. The molecule has 7 heteroatoms. The first-order valence-electron chi connectivity index (χ1n) is 6.25. The van der Waals surface area contributed by atoms with Crippen LogP contribution in [-0.2, 0) is 13.7 Å². The predicted octanol–water partition coefficient (Wildman–Crippen LogP) is 3.07. The van der Waals surface area contributed by atoms with Crippen molar-refractivity contribution in [3.8, 4) is 6.07 Å². The number of benzene rings is 1. The second-order valence-electron chi connectivity index (χ2n) is 4.20. The molecule has 1 aromatic rings. The molecule has 0 saturated carbocycles. The highest BCUT2D eigenvalue weighted by atomic mass is 31.2. The molecule has 0 radical (unpaired) electrons. The van der Waals surface area contributed by atoms with E-state index in [4.69, 9.17) is 14.4 Å². The van der Waals surface area contributed by atoms with Crippen molar-refractivity contribution in [2.45, 2.75) is 26.8 Å². The van der Waals surface area contributed by atoms with E-state index in [-0.39, 0.29) is 18.4 Å². The number of hydrogen-bond acceptors (Lipinski definition) is 5. The second-order valence-corrected chi connectivity index (χ2v) is 5.87. The number of oxime groups is 1. The van der Waals surface area contributed by atoms with Gasteiger partial charge in [-0.15, -0.1) is 0 Å². The lowest BCUT2D eigenvalue weighted by molar-refractivity contribution is 0.207. The third-order valence-corrected chi connectivity index (χ3v) is 3.84. The minimum atomic E-state index is -3.55. The Balaban J connectivity index is 2.91. The number of nitriles is 1. The van der Waals surface area contributed by atoms with Gasteiger partial charge < -0.3 is 4.62 Å². The molecular weight excluding hydrogens is 277 g/mol. The topological polar surface area (TPSA) is 83.7 Å². The summed E-state index contributed by atoms with van der Waals surface area (Å²) in [5.74, 6) is 0. The fourth-order valence-corrected chi connectivity index (χ4v) is 2.73. The maximum atomic E-state index is 12.3. The molecule has 1 unspecified atom stereocenters. The molecule has 0 heterocycles. The highest BCUT2D eigenvalue weighted by Gasteiger charge is 2.27. The Kier molecular flexibility index (Phi) is 6.40. The van der Waals surface area contributed by atoms with Crippen LogP contribution in [0.15, 0.2) is 35.5 Å². The van der Waals surface area contributed by atoms with E-state index in [1.165, 1.54) is 0 Å². The zero-order valence-corrected chi connectivity index (χ0v) is 12.6. The first-order chi connectivity index (χ1) is 9.50. The molecule has 0 saturated heterocycles. The zero-order valence-electron chi connectivity index (χ0n) is 11.7. The Morgan fingerprint density at radius 3 is 2.60 bits per heavy atom. The molecule has 1 rings (SSSR count). The van der Waals surface area contributed by atoms with Gasteiger partial charge in [0.15, 0.2) is 5.71 Å². The molecule has 0 bridgehead atoms. The standard InChI is InChI=1S/C13H18N3O3P/c1-4-18-20(17,16-11(2)3)19-15-13(10-14)12-8-6-5-7-9-12/h5-9,11H,4H2,1-3H3,(H,16,17)/b15-13+. The Morgan fingerprint density at radius 2 is 2.10 bits per heavy atom. The van der Waals surface area contributed by atoms with Crippen LogP contribution in [-0.4, -0.2) is 18.4 Å². The molecule has 1 N–H and O–H groups in total. The van der Waals surface area contributed by atoms with Gasteiger partial charge in [-0.1, -0.05) is 35.5 Å². The van der Waals surface area contributed by atoms with Crippen molar-refractivity contribution in [1.29, 1.82) is 5.26 Å². The summed E-state index contributed by atoms with van der Waals surface area (Å²) in [6, 6.07) is 10.6. The van der Waals surface area contributed by atoms with Crippen LogP contribution in [0.5, 0.6) is 0 Å². The molecule has 0 aliphatic rings. The van der Waals surface area contributed by atoms with Crippen molar-refractivity contribution in [1.82, 2.24) is 5.09 Å². The lowest BCUT2D eigenvalue weighted by Gasteiger charge is -2.17. The largest absolute Gasteiger partial charge is 0.478 e. The number of nitrogens with zero attached hydrogens (tertiary/aromatic N) is 2. The first kappa shape index (κ1) is 16.4. The van der Waals surface area contributed by atoms with Gasteiger partial charge in [0.2, 0.25) is 0 Å². The van der Waals surface area contributed by atoms with Crippen molar-refractivity contribution in [2.75, 3.05) is 6.61 Å². The minimum absolute atomic E-state index is 0.0380. The van der Waals surface area contributed by atoms with E-state index in [2.05, 4.69) is 10.2 Å². The third kappa shape index (κ3) is 5.14. The fourth-order valence-electron chi connectivity index (χ4n) is 1.40. The molecule has 0 aromatic heterocycles. The van der Waals surface area contributed by atoms with Crippen LogP contribution in [0.4, 0.5) is 0 Å². The van der Waals surface area contributed by atoms with Crippen LogP contribution in [0.1, 0.15) is 26.3 Å². The summed E-state index contributed by atoms with van der Waals surface area (Å²) in [5.41, 5.74) is 0.624. The highest BCUT2D eigenvalue weighted by Crippen LogP contribution is 2.44. The van der Waals surface area contributed by atoms with Gasteiger partial charge in [-0.2, -0.15) is 5.26 Å². The van der Waals surface area contributed by atoms with E-state index in [0.717, 1.165) is 0 Å². The normalized spacial score (nSPS) is 14.7. The average molecular weight is 295 g/mol. The van der Waals surface area contributed by atoms with E-state index in [9.17, 15) is 4.57 Å². The van der Waals surface area contributed by atoms with Crippen molar-refractivity contribution in [2.24, 2.45) is 5.16 Å². The monoisotopic (exact) mass is 295 g/mol. The maximum absolute atomic E-state index is 12.3. The van der Waals surface area contributed by atoms with Gasteiger partial charge in [0.05, 0.1) is 6.61 Å². The quantitative estimate of drug-likeness (QED) is 0.475. The Morgan fingerprint density at radius 1 is 1.45 bits per heavy atom. The van der Waals surface area contributed by atoms with Crippen molar-refractivity contribution < 1.29 is 13.7 Å². The number of nitrogens with one attached hydrogen (secondary N) is 1. The van der Waals surface area contributed by atoms with Gasteiger partial charge in [0.1, 0.15) is 6.07 Å². The molecule has 0 aliphatic carbocycles. The summed E-state index contributed by atoms with van der Waals surface area (Å²) in [6.07, 6.45) is 0. The highest BCUT2D eigenvalue weighted by molar-refractivity contribution is 7.51. The molecule has 1 aromatic carbocycles. The summed E-state index contributed by atoms with van der Waals surface area (Å²) in [6.45, 7) is 5.52. The smallest absolute Gasteiger partial charge is 0.300 e. The average Bonchev–Trinajstić information content (AvgIpc) is 2.40. The fraction of sp³-hybridized carbons (Fsp3) is 0.385. The number of hydrogen-bond donors (Lipinski definition) is 1. The molecular formula is C13H18N3O3P. The van der Waals surface area contributed by atoms with Gasteiger partial charge in [-0.3, -0.25) is 4.52 Å². The van der Waals surface area contributed by atoms with Gasteiger partial charge in [-0.05, 0) is 20.8 Å². The Hall–Kier alpha value is -1.67. The molecule has 20 heavy (non-hydrogen) atoms. The van der Waals surface area contributed by atoms with Crippen molar-refractivity contribution in [3.63, 3.8) is 0 Å². The molecule has 1 atom stereocenters. The summed E-state index contributed by atoms with van der Waals surface area (Å²) < 4.78 is 22.4. The van der Waals surface area contributed by atoms with Crippen molar-refractivity contribution >= 4 is 13.5 Å². The van der Waals surface area contributed by atoms with E-state index < -0.39 is 7.75 Å². The van der Waals surface area contributed by atoms with Crippen LogP contribution in [0.25, 0.3) is 0 Å². The maximum Gasteiger partial charge on any atom is 0.478 e. The van der Waals surface area contributed by atoms with Gasteiger partial charge in [0, 0.05) is 11.6 Å². The summed E-state index contributed by atoms with van der Waals surface area (Å²) in [5, 5.41) is 15.4. The van der Waals surface area contributed by atoms with Gasteiger partial charge in [-0.25, -0.2) is 9.65 Å². The SMILES string of the molecule is CCOP(=O)(NC(C)C)O/N=C(\C#N)c1ccccc1. The van der Waals surface area contributed by atoms with E-state index >= 15 is 0 Å². The zero-order chi connectivity index (χ0) is 15.0. The lowest BCUT2D eigenvalue weighted by atomic mass is 10.1. The molecule has 0 aliphatic heterocycles. The molecule has 6 nitrogen and oxygen atoms in total. The van der Waals surface area contributed by atoms with E-state index in [1.807, 2.05) is 12.1 Å². The first-order valence-corrected chi connectivity index (χ1v) is 7.79. The molecule has 108 valence electrons. The summed E-state index contributed by atoms with van der Waals surface area (Å²) >= 11 is 0. The van der Waals surface area contributed by atoms with Crippen LogP contribution < -0.4 is 5.09 Å². The van der Waals surface area contributed by atoms with Gasteiger partial charge >= 0.3 is 7.75 Å². The molecule has 0 spiro atoms. The van der Waals surface area contributed by atoms with Crippen LogP contribution in [0, 0.1) is 11.3 Å². The Labute approximate surface area is 119 Å². The van der Waals surface area contributed by atoms with Crippen LogP contribution >= 0.6 is 7.75 Å².